The number of carbonyl (C=O) groups excluding carboxylic acids is 2. The van der Waals surface area contributed by atoms with Crippen LogP contribution in [0.1, 0.15) is 60.8 Å². The van der Waals surface area contributed by atoms with Gasteiger partial charge in [0.1, 0.15) is 24.4 Å². The van der Waals surface area contributed by atoms with E-state index in [-0.39, 0.29) is 48.3 Å². The minimum Gasteiger partial charge on any atom is -0.462 e. The lowest BCUT2D eigenvalue weighted by molar-refractivity contribution is -0.171. The Bertz CT molecular complexity index is 858. The SMILES string of the molecule is CC(=O)OCC=CC(=O)N[C@@H]1C[C@H](C)[C@H](CC=C(C)C=C[C@H]2OC(C)(C)C[C@@]3(CO3)[C@@H]2O)O[C@@H]1C. The quantitative estimate of drug-likeness (QED) is 0.233. The third-order valence-corrected chi connectivity index (χ3v) is 6.96. The first-order chi connectivity index (χ1) is 16.4. The first kappa shape index (κ1) is 27.6. The highest BCUT2D eigenvalue weighted by atomic mass is 16.6. The maximum Gasteiger partial charge on any atom is 0.302 e. The monoisotopic (exact) mass is 491 g/mol. The lowest BCUT2D eigenvalue weighted by Gasteiger charge is -2.41. The van der Waals surface area contributed by atoms with Gasteiger partial charge in [0.05, 0.1) is 30.5 Å². The average molecular weight is 492 g/mol. The summed E-state index contributed by atoms with van der Waals surface area (Å²) < 4.78 is 22.7. The van der Waals surface area contributed by atoms with Gasteiger partial charge in [-0.15, -0.1) is 0 Å². The Kier molecular flexibility index (Phi) is 8.96. The van der Waals surface area contributed by atoms with Gasteiger partial charge in [0.25, 0.3) is 0 Å². The number of rotatable bonds is 8. The molecule has 8 heteroatoms. The second kappa shape index (κ2) is 11.4. The van der Waals surface area contributed by atoms with Crippen molar-refractivity contribution in [1.29, 1.82) is 0 Å². The fourth-order valence-electron chi connectivity index (χ4n) is 4.99. The average Bonchev–Trinajstić information content (AvgIpc) is 3.53. The van der Waals surface area contributed by atoms with Crippen molar-refractivity contribution < 1.29 is 33.6 Å². The number of hydrogen-bond donors (Lipinski definition) is 2. The molecule has 1 spiro atoms. The third-order valence-electron chi connectivity index (χ3n) is 6.96. The first-order valence-corrected chi connectivity index (χ1v) is 12.5. The molecule has 7 atom stereocenters. The van der Waals surface area contributed by atoms with Crippen molar-refractivity contribution in [1.82, 2.24) is 5.32 Å². The molecular weight excluding hydrogens is 450 g/mol. The summed E-state index contributed by atoms with van der Waals surface area (Å²) in [6.45, 7) is 12.2. The highest BCUT2D eigenvalue weighted by Gasteiger charge is 2.60. The van der Waals surface area contributed by atoms with Gasteiger partial charge in [-0.1, -0.05) is 30.7 Å². The van der Waals surface area contributed by atoms with Crippen LogP contribution in [0.3, 0.4) is 0 Å². The highest BCUT2D eigenvalue weighted by Crippen LogP contribution is 2.46. The van der Waals surface area contributed by atoms with E-state index >= 15 is 0 Å². The standard InChI is InChI=1S/C27H41NO7/c1-17(10-12-23-25(31)27(16-33-27)15-26(5,6)35-23)9-11-22-18(2)14-21(19(3)34-22)28-24(30)8-7-13-32-20(4)29/h7-10,12,18-19,21-23,25,31H,11,13-16H2,1-6H3,(H,28,30)/t18-,19+,21+,22-,23+,25+,27+/m0/s1. The van der Waals surface area contributed by atoms with Gasteiger partial charge in [-0.2, -0.15) is 0 Å². The van der Waals surface area contributed by atoms with Crippen LogP contribution < -0.4 is 5.32 Å². The molecule has 35 heavy (non-hydrogen) atoms. The van der Waals surface area contributed by atoms with E-state index in [1.807, 2.05) is 39.8 Å². The van der Waals surface area contributed by atoms with E-state index in [2.05, 4.69) is 18.3 Å². The molecule has 2 N–H and O–H groups in total. The van der Waals surface area contributed by atoms with Crippen molar-refractivity contribution in [2.75, 3.05) is 13.2 Å². The number of allylic oxidation sites excluding steroid dienone is 2. The molecule has 1 amide bonds. The van der Waals surface area contributed by atoms with Crippen molar-refractivity contribution in [3.05, 3.63) is 36.0 Å². The fraction of sp³-hybridized carbons (Fsp3) is 0.704. The summed E-state index contributed by atoms with van der Waals surface area (Å²) in [6.07, 6.45) is 10.1. The molecule has 8 nitrogen and oxygen atoms in total. The molecule has 0 radical (unpaired) electrons. The van der Waals surface area contributed by atoms with Crippen LogP contribution in [0.4, 0.5) is 0 Å². The van der Waals surface area contributed by atoms with Gasteiger partial charge in [-0.05, 0) is 52.5 Å². The van der Waals surface area contributed by atoms with Gasteiger partial charge in [0.2, 0.25) is 5.91 Å². The zero-order valence-electron chi connectivity index (χ0n) is 21.8. The van der Waals surface area contributed by atoms with E-state index in [9.17, 15) is 14.7 Å². The Morgan fingerprint density at radius 1 is 1.20 bits per heavy atom. The predicted octanol–water partition coefficient (Wildman–Crippen LogP) is 2.99. The van der Waals surface area contributed by atoms with E-state index < -0.39 is 17.8 Å². The van der Waals surface area contributed by atoms with Crippen LogP contribution in [-0.4, -0.2) is 71.9 Å². The predicted molar refractivity (Wildman–Crippen MR) is 132 cm³/mol. The molecule has 0 saturated carbocycles. The number of aliphatic hydroxyl groups is 1. The Morgan fingerprint density at radius 2 is 1.91 bits per heavy atom. The van der Waals surface area contributed by atoms with Crippen LogP contribution in [0.2, 0.25) is 0 Å². The van der Waals surface area contributed by atoms with E-state index in [1.54, 1.807) is 0 Å². The van der Waals surface area contributed by atoms with Crippen LogP contribution in [0.5, 0.6) is 0 Å². The van der Waals surface area contributed by atoms with E-state index in [0.29, 0.717) is 13.0 Å². The van der Waals surface area contributed by atoms with Crippen LogP contribution in [0.25, 0.3) is 0 Å². The van der Waals surface area contributed by atoms with Gasteiger partial charge in [-0.25, -0.2) is 0 Å². The number of amides is 1. The summed E-state index contributed by atoms with van der Waals surface area (Å²) in [5.74, 6) is -0.336. The van der Waals surface area contributed by atoms with Crippen LogP contribution in [0.15, 0.2) is 36.0 Å². The first-order valence-electron chi connectivity index (χ1n) is 12.5. The minimum absolute atomic E-state index is 0.0552. The van der Waals surface area contributed by atoms with Gasteiger partial charge in [0.15, 0.2) is 0 Å². The maximum absolute atomic E-state index is 12.2. The number of epoxide rings is 1. The molecule has 0 bridgehead atoms. The molecule has 3 rings (SSSR count). The Balaban J connectivity index is 1.48. The van der Waals surface area contributed by atoms with Crippen molar-refractivity contribution >= 4 is 11.9 Å². The third kappa shape index (κ3) is 7.74. The van der Waals surface area contributed by atoms with Crippen LogP contribution >= 0.6 is 0 Å². The van der Waals surface area contributed by atoms with Crippen LogP contribution in [-0.2, 0) is 28.5 Å². The van der Waals surface area contributed by atoms with Crippen molar-refractivity contribution in [3.8, 4) is 0 Å². The number of hydrogen-bond acceptors (Lipinski definition) is 7. The van der Waals surface area contributed by atoms with Gasteiger partial charge in [0, 0.05) is 19.4 Å². The zero-order valence-corrected chi connectivity index (χ0v) is 21.8. The fourth-order valence-corrected chi connectivity index (χ4v) is 4.99. The number of ether oxygens (including phenoxy) is 4. The number of esters is 1. The molecule has 0 aromatic rings. The minimum atomic E-state index is -0.661. The van der Waals surface area contributed by atoms with Gasteiger partial charge >= 0.3 is 5.97 Å². The topological polar surface area (TPSA) is 107 Å². The molecule has 0 aromatic heterocycles. The van der Waals surface area contributed by atoms with Crippen molar-refractivity contribution in [2.45, 2.75) is 102 Å². The smallest absolute Gasteiger partial charge is 0.302 e. The van der Waals surface area contributed by atoms with Crippen molar-refractivity contribution in [3.63, 3.8) is 0 Å². The molecule has 0 aliphatic carbocycles. The lowest BCUT2D eigenvalue weighted by Crippen LogP contribution is -2.53. The molecule has 0 aromatic carbocycles. The molecule has 3 aliphatic heterocycles. The second-order valence-corrected chi connectivity index (χ2v) is 10.8. The molecule has 3 saturated heterocycles. The molecular formula is C27H41NO7. The Hall–Kier alpha value is -2.00. The summed E-state index contributed by atoms with van der Waals surface area (Å²) in [7, 11) is 0. The summed E-state index contributed by atoms with van der Waals surface area (Å²) in [5, 5.41) is 13.7. The molecule has 0 unspecified atom stereocenters. The van der Waals surface area contributed by atoms with Crippen LogP contribution in [0, 0.1) is 5.92 Å². The molecule has 196 valence electrons. The Labute approximate surface area is 208 Å². The Morgan fingerprint density at radius 3 is 2.57 bits per heavy atom. The van der Waals surface area contributed by atoms with E-state index in [1.165, 1.54) is 19.1 Å². The summed E-state index contributed by atoms with van der Waals surface area (Å²) >= 11 is 0. The van der Waals surface area contributed by atoms with Crippen molar-refractivity contribution in [2.24, 2.45) is 5.92 Å². The number of aliphatic hydroxyl groups excluding tert-OH is 1. The zero-order chi connectivity index (χ0) is 25.8. The van der Waals surface area contributed by atoms with Gasteiger partial charge in [-0.3, -0.25) is 9.59 Å². The largest absolute Gasteiger partial charge is 0.462 e. The summed E-state index contributed by atoms with van der Waals surface area (Å²) in [5.41, 5.74) is 0.278. The number of carbonyl (C=O) groups is 2. The normalized spacial score (nSPS) is 37.1. The number of nitrogens with one attached hydrogen (secondary N) is 1. The molecule has 3 heterocycles. The highest BCUT2D eigenvalue weighted by molar-refractivity contribution is 5.87. The van der Waals surface area contributed by atoms with Gasteiger partial charge < -0.3 is 29.4 Å². The van der Waals surface area contributed by atoms with E-state index in [0.717, 1.165) is 18.4 Å². The summed E-state index contributed by atoms with van der Waals surface area (Å²) in [4.78, 5) is 22.9. The second-order valence-electron chi connectivity index (χ2n) is 10.8. The lowest BCUT2D eigenvalue weighted by atomic mass is 9.83. The molecule has 3 fully saturated rings. The summed E-state index contributed by atoms with van der Waals surface area (Å²) in [6, 6.07) is -0.0812. The van der Waals surface area contributed by atoms with E-state index in [4.69, 9.17) is 18.9 Å². The molecule has 3 aliphatic rings. The maximum atomic E-state index is 12.2.